The number of carbonyl (C=O) groups excluding carboxylic acids is 1. The summed E-state index contributed by atoms with van der Waals surface area (Å²) in [4.78, 5) is 21.9. The van der Waals surface area contributed by atoms with E-state index in [1.807, 2.05) is 6.92 Å². The first-order valence-electron chi connectivity index (χ1n) is 6.32. The molecule has 0 aliphatic heterocycles. The van der Waals surface area contributed by atoms with Gasteiger partial charge < -0.3 is 9.73 Å². The van der Waals surface area contributed by atoms with E-state index < -0.39 is 0 Å². The van der Waals surface area contributed by atoms with Gasteiger partial charge >= 0.3 is 0 Å². The summed E-state index contributed by atoms with van der Waals surface area (Å²) in [6.45, 7) is 3.76. The Morgan fingerprint density at radius 1 is 1.53 bits per heavy atom. The van der Waals surface area contributed by atoms with Crippen LogP contribution in [0.3, 0.4) is 0 Å². The first-order valence-corrected chi connectivity index (χ1v) is 7.14. The van der Waals surface area contributed by atoms with Gasteiger partial charge in [-0.05, 0) is 33.1 Å². The normalized spacial score (nSPS) is 18.1. The fraction of sp³-hybridized carbons (Fsp3) is 0.462. The number of nitrogens with zero attached hydrogens (tertiary/aromatic N) is 2. The number of fused-ring (bicyclic) bond motifs is 1. The molecule has 3 rings (SSSR count). The molecule has 1 aliphatic carbocycles. The average Bonchev–Trinajstić information content (AvgIpc) is 2.94. The van der Waals surface area contributed by atoms with Crippen LogP contribution in [-0.4, -0.2) is 15.9 Å². The van der Waals surface area contributed by atoms with Crippen molar-refractivity contribution in [3.8, 4) is 0 Å². The smallest absolute Gasteiger partial charge is 0.289 e. The third-order valence-corrected chi connectivity index (χ3v) is 4.36. The van der Waals surface area contributed by atoms with E-state index in [4.69, 9.17) is 4.42 Å². The van der Waals surface area contributed by atoms with Gasteiger partial charge in [0.25, 0.3) is 5.91 Å². The Kier molecular flexibility index (Phi) is 3.10. The molecule has 0 fully saturated rings. The largest absolute Gasteiger partial charge is 0.438 e. The van der Waals surface area contributed by atoms with Crippen molar-refractivity contribution in [3.63, 3.8) is 0 Å². The molecular formula is C13H15N3O2S. The number of nitrogens with one attached hydrogen (secondary N) is 1. The molecule has 2 heterocycles. The lowest BCUT2D eigenvalue weighted by Crippen LogP contribution is -2.31. The Morgan fingerprint density at radius 3 is 3.11 bits per heavy atom. The lowest BCUT2D eigenvalue weighted by molar-refractivity contribution is 0.0903. The van der Waals surface area contributed by atoms with E-state index in [9.17, 15) is 4.79 Å². The maximum absolute atomic E-state index is 12.1. The summed E-state index contributed by atoms with van der Waals surface area (Å²) in [5.41, 5.74) is 1.64. The topological polar surface area (TPSA) is 68.0 Å². The SMILES string of the molecule is Cc1nc2c(s1)CCC[C@H]2NC(=O)c1ocnc1C. The van der Waals surface area contributed by atoms with Crippen LogP contribution in [0.4, 0.5) is 0 Å². The Labute approximate surface area is 115 Å². The summed E-state index contributed by atoms with van der Waals surface area (Å²) in [5, 5.41) is 4.06. The van der Waals surface area contributed by atoms with Crippen LogP contribution in [0, 0.1) is 13.8 Å². The maximum atomic E-state index is 12.1. The third-order valence-electron chi connectivity index (χ3n) is 3.32. The molecular weight excluding hydrogens is 262 g/mol. The van der Waals surface area contributed by atoms with Crippen molar-refractivity contribution in [1.82, 2.24) is 15.3 Å². The minimum Gasteiger partial charge on any atom is -0.438 e. The van der Waals surface area contributed by atoms with Crippen molar-refractivity contribution in [1.29, 1.82) is 0 Å². The summed E-state index contributed by atoms with van der Waals surface area (Å²) >= 11 is 1.72. The predicted octanol–water partition coefficient (Wildman–Crippen LogP) is 2.56. The third kappa shape index (κ3) is 2.28. The lowest BCUT2D eigenvalue weighted by Gasteiger charge is -2.21. The minimum atomic E-state index is -0.210. The number of carbonyl (C=O) groups is 1. The first-order chi connectivity index (χ1) is 9.15. The van der Waals surface area contributed by atoms with Crippen LogP contribution in [0.5, 0.6) is 0 Å². The van der Waals surface area contributed by atoms with Crippen LogP contribution >= 0.6 is 11.3 Å². The number of rotatable bonds is 2. The van der Waals surface area contributed by atoms with Crippen molar-refractivity contribution in [3.05, 3.63) is 33.4 Å². The van der Waals surface area contributed by atoms with Crippen molar-refractivity contribution in [2.24, 2.45) is 0 Å². The molecule has 0 saturated carbocycles. The van der Waals surface area contributed by atoms with E-state index >= 15 is 0 Å². The molecule has 100 valence electrons. The molecule has 0 saturated heterocycles. The number of aromatic nitrogens is 2. The zero-order valence-electron chi connectivity index (χ0n) is 10.9. The number of aryl methyl sites for hydroxylation is 3. The highest BCUT2D eigenvalue weighted by atomic mass is 32.1. The summed E-state index contributed by atoms with van der Waals surface area (Å²) in [6, 6.07) is -0.00861. The molecule has 1 amide bonds. The monoisotopic (exact) mass is 277 g/mol. The average molecular weight is 277 g/mol. The van der Waals surface area contributed by atoms with Crippen molar-refractivity contribution in [2.45, 2.75) is 39.2 Å². The van der Waals surface area contributed by atoms with Gasteiger partial charge in [0.15, 0.2) is 6.39 Å². The van der Waals surface area contributed by atoms with Crippen LogP contribution in [0.15, 0.2) is 10.8 Å². The number of amides is 1. The van der Waals surface area contributed by atoms with Crippen LogP contribution in [0.2, 0.25) is 0 Å². The van der Waals surface area contributed by atoms with Gasteiger partial charge in [-0.3, -0.25) is 4.79 Å². The predicted molar refractivity (Wildman–Crippen MR) is 71.2 cm³/mol. The van der Waals surface area contributed by atoms with Gasteiger partial charge in [0.05, 0.1) is 22.4 Å². The van der Waals surface area contributed by atoms with Gasteiger partial charge in [-0.2, -0.15) is 0 Å². The zero-order valence-corrected chi connectivity index (χ0v) is 11.7. The quantitative estimate of drug-likeness (QED) is 0.916. The molecule has 1 N–H and O–H groups in total. The second-order valence-corrected chi connectivity index (χ2v) is 6.01. The van der Waals surface area contributed by atoms with Crippen LogP contribution in [0.25, 0.3) is 0 Å². The molecule has 2 aromatic heterocycles. The fourth-order valence-corrected chi connectivity index (χ4v) is 3.46. The number of thiazole rings is 1. The number of hydrogen-bond acceptors (Lipinski definition) is 5. The van der Waals surface area contributed by atoms with E-state index in [0.29, 0.717) is 11.5 Å². The number of hydrogen-bond donors (Lipinski definition) is 1. The Hall–Kier alpha value is -1.69. The van der Waals surface area contributed by atoms with E-state index in [1.54, 1.807) is 18.3 Å². The molecule has 1 atom stereocenters. The first kappa shape index (κ1) is 12.3. The Morgan fingerprint density at radius 2 is 2.37 bits per heavy atom. The van der Waals surface area contributed by atoms with Crippen molar-refractivity contribution >= 4 is 17.2 Å². The highest BCUT2D eigenvalue weighted by molar-refractivity contribution is 7.11. The van der Waals surface area contributed by atoms with Gasteiger partial charge in [-0.1, -0.05) is 0 Å². The molecule has 6 heteroatoms. The Balaban J connectivity index is 1.81. The standard InChI is InChI=1S/C13H15N3O2S/c1-7-12(18-6-14-7)13(17)16-9-4-3-5-10-11(9)15-8(2)19-10/h6,9H,3-5H2,1-2H3,(H,16,17)/t9-/m1/s1. The molecule has 0 aromatic carbocycles. The molecule has 0 spiro atoms. The summed E-state index contributed by atoms with van der Waals surface area (Å²) in [7, 11) is 0. The Bertz CT molecular complexity index is 617. The van der Waals surface area contributed by atoms with Crippen LogP contribution in [-0.2, 0) is 6.42 Å². The molecule has 1 aliphatic rings. The maximum Gasteiger partial charge on any atom is 0.289 e. The summed E-state index contributed by atoms with van der Waals surface area (Å²) in [5.74, 6) is 0.0811. The molecule has 2 aromatic rings. The van der Waals surface area contributed by atoms with E-state index in [-0.39, 0.29) is 11.9 Å². The van der Waals surface area contributed by atoms with Gasteiger partial charge in [-0.25, -0.2) is 9.97 Å². The second-order valence-electron chi connectivity index (χ2n) is 4.73. The van der Waals surface area contributed by atoms with E-state index in [2.05, 4.69) is 15.3 Å². The van der Waals surface area contributed by atoms with Crippen molar-refractivity contribution in [2.75, 3.05) is 0 Å². The van der Waals surface area contributed by atoms with Crippen molar-refractivity contribution < 1.29 is 9.21 Å². The highest BCUT2D eigenvalue weighted by Crippen LogP contribution is 2.33. The molecule has 5 nitrogen and oxygen atoms in total. The molecule has 0 radical (unpaired) electrons. The summed E-state index contributed by atoms with van der Waals surface area (Å²) < 4.78 is 5.12. The molecule has 19 heavy (non-hydrogen) atoms. The van der Waals surface area contributed by atoms with Gasteiger partial charge in [0, 0.05) is 4.88 Å². The van der Waals surface area contributed by atoms with Gasteiger partial charge in [0.2, 0.25) is 5.76 Å². The lowest BCUT2D eigenvalue weighted by atomic mass is 9.97. The van der Waals surface area contributed by atoms with E-state index in [0.717, 1.165) is 30.0 Å². The van der Waals surface area contributed by atoms with Gasteiger partial charge in [-0.15, -0.1) is 11.3 Å². The number of oxazole rings is 1. The van der Waals surface area contributed by atoms with Crippen LogP contribution in [0.1, 0.15) is 50.7 Å². The second kappa shape index (κ2) is 4.77. The minimum absolute atomic E-state index is 0.00861. The van der Waals surface area contributed by atoms with Gasteiger partial charge in [0.1, 0.15) is 0 Å². The molecule has 0 unspecified atom stereocenters. The van der Waals surface area contributed by atoms with E-state index in [1.165, 1.54) is 11.3 Å². The molecule has 0 bridgehead atoms. The summed E-state index contributed by atoms with van der Waals surface area (Å²) in [6.07, 6.45) is 4.36. The highest BCUT2D eigenvalue weighted by Gasteiger charge is 2.27. The zero-order chi connectivity index (χ0) is 13.4. The van der Waals surface area contributed by atoms with Crippen LogP contribution < -0.4 is 5.32 Å². The fourth-order valence-electron chi connectivity index (χ4n) is 2.42.